The number of benzene rings is 1. The predicted octanol–water partition coefficient (Wildman–Crippen LogP) is 2.10. The summed E-state index contributed by atoms with van der Waals surface area (Å²) in [4.78, 5) is 14.2. The Balaban J connectivity index is 1.76. The molecule has 98 valence electrons. The predicted molar refractivity (Wildman–Crippen MR) is 72.6 cm³/mol. The highest BCUT2D eigenvalue weighted by molar-refractivity contribution is 5.78. The first kappa shape index (κ1) is 12.0. The summed E-state index contributed by atoms with van der Waals surface area (Å²) in [6.45, 7) is 3.69. The Kier molecular flexibility index (Phi) is 3.07. The van der Waals surface area contributed by atoms with Gasteiger partial charge in [0.05, 0.1) is 6.42 Å². The van der Waals surface area contributed by atoms with Crippen LogP contribution in [0.3, 0.4) is 0 Å². The van der Waals surface area contributed by atoms with Crippen molar-refractivity contribution in [3.8, 4) is 0 Å². The summed E-state index contributed by atoms with van der Waals surface area (Å²) in [5.41, 5.74) is 3.50. The lowest BCUT2D eigenvalue weighted by atomic mass is 9.91. The van der Waals surface area contributed by atoms with Gasteiger partial charge in [-0.15, -0.1) is 0 Å². The number of rotatable bonds is 2. The van der Waals surface area contributed by atoms with Crippen LogP contribution in [0.25, 0.3) is 0 Å². The van der Waals surface area contributed by atoms with Crippen LogP contribution < -0.4 is 0 Å². The second kappa shape index (κ2) is 4.88. The lowest BCUT2D eigenvalue weighted by Gasteiger charge is -2.33. The third-order valence-electron chi connectivity index (χ3n) is 3.69. The smallest absolute Gasteiger partial charge is 0.228 e. The van der Waals surface area contributed by atoms with Gasteiger partial charge in [0, 0.05) is 25.0 Å². The largest absolute Gasteiger partial charge is 0.337 e. The summed E-state index contributed by atoms with van der Waals surface area (Å²) in [6, 6.07) is 10.2. The van der Waals surface area contributed by atoms with Crippen LogP contribution in [0.5, 0.6) is 0 Å². The zero-order chi connectivity index (χ0) is 13.2. The molecule has 0 bridgehead atoms. The number of nitrogens with zero attached hydrogens (tertiary/aromatic N) is 2. The highest BCUT2D eigenvalue weighted by Gasteiger charge is 2.25. The van der Waals surface area contributed by atoms with Crippen LogP contribution in [0.2, 0.25) is 0 Å². The molecule has 1 N–H and O–H groups in total. The van der Waals surface area contributed by atoms with Gasteiger partial charge in [0.25, 0.3) is 0 Å². The number of carbonyl (C=O) groups is 1. The minimum atomic E-state index is 0.158. The first-order chi connectivity index (χ1) is 9.24. The summed E-state index contributed by atoms with van der Waals surface area (Å²) in [6.07, 6.45) is 2.08. The van der Waals surface area contributed by atoms with Crippen molar-refractivity contribution in [2.75, 3.05) is 6.54 Å². The summed E-state index contributed by atoms with van der Waals surface area (Å²) >= 11 is 0. The first-order valence-electron chi connectivity index (χ1n) is 6.58. The Labute approximate surface area is 112 Å². The van der Waals surface area contributed by atoms with E-state index in [9.17, 15) is 4.79 Å². The van der Waals surface area contributed by atoms with E-state index in [1.807, 2.05) is 17.0 Å². The minimum absolute atomic E-state index is 0.158. The summed E-state index contributed by atoms with van der Waals surface area (Å²) in [7, 11) is 0. The fourth-order valence-electron chi connectivity index (χ4n) is 2.71. The number of nitrogens with one attached hydrogen (secondary N) is 1. The highest BCUT2D eigenvalue weighted by Crippen LogP contribution is 2.27. The lowest BCUT2D eigenvalue weighted by Crippen LogP contribution is -2.38. The van der Waals surface area contributed by atoms with Gasteiger partial charge in [-0.05, 0) is 23.1 Å². The SMILES string of the molecule is CC1CN(C(=O)Cc2ccn[nH]2)Cc2ccccc21. The molecule has 1 atom stereocenters. The zero-order valence-corrected chi connectivity index (χ0v) is 11.0. The first-order valence-corrected chi connectivity index (χ1v) is 6.58. The van der Waals surface area contributed by atoms with E-state index in [-0.39, 0.29) is 5.91 Å². The van der Waals surface area contributed by atoms with Crippen molar-refractivity contribution in [3.05, 3.63) is 53.3 Å². The molecule has 0 aliphatic carbocycles. The minimum Gasteiger partial charge on any atom is -0.337 e. The Morgan fingerprint density at radius 2 is 2.26 bits per heavy atom. The fraction of sp³-hybridized carbons (Fsp3) is 0.333. The van der Waals surface area contributed by atoms with Gasteiger partial charge < -0.3 is 4.90 Å². The molecule has 4 nitrogen and oxygen atoms in total. The maximum Gasteiger partial charge on any atom is 0.228 e. The molecule has 2 aromatic rings. The molecular weight excluding hydrogens is 238 g/mol. The van der Waals surface area contributed by atoms with E-state index < -0.39 is 0 Å². The van der Waals surface area contributed by atoms with Crippen molar-refractivity contribution in [1.82, 2.24) is 15.1 Å². The van der Waals surface area contributed by atoms with Gasteiger partial charge in [0.1, 0.15) is 0 Å². The van der Waals surface area contributed by atoms with Crippen LogP contribution in [-0.4, -0.2) is 27.5 Å². The Bertz CT molecular complexity index is 577. The average molecular weight is 255 g/mol. The number of amides is 1. The molecule has 1 unspecified atom stereocenters. The second-order valence-electron chi connectivity index (χ2n) is 5.13. The normalized spacial score (nSPS) is 18.2. The molecule has 19 heavy (non-hydrogen) atoms. The topological polar surface area (TPSA) is 49.0 Å². The van der Waals surface area contributed by atoms with Gasteiger partial charge in [0.2, 0.25) is 5.91 Å². The quantitative estimate of drug-likeness (QED) is 0.893. The van der Waals surface area contributed by atoms with Crippen molar-refractivity contribution in [3.63, 3.8) is 0 Å². The highest BCUT2D eigenvalue weighted by atomic mass is 16.2. The molecule has 1 amide bonds. The van der Waals surface area contributed by atoms with Gasteiger partial charge in [-0.25, -0.2) is 0 Å². The van der Waals surface area contributed by atoms with Crippen molar-refractivity contribution < 1.29 is 4.79 Å². The van der Waals surface area contributed by atoms with Crippen LogP contribution in [0.15, 0.2) is 36.5 Å². The summed E-state index contributed by atoms with van der Waals surface area (Å²) in [5.74, 6) is 0.557. The second-order valence-corrected chi connectivity index (χ2v) is 5.13. The Hall–Kier alpha value is -2.10. The number of carbonyl (C=O) groups excluding carboxylic acids is 1. The van der Waals surface area contributed by atoms with Crippen LogP contribution >= 0.6 is 0 Å². The summed E-state index contributed by atoms with van der Waals surface area (Å²) in [5, 5.41) is 6.72. The summed E-state index contributed by atoms with van der Waals surface area (Å²) < 4.78 is 0. The van der Waals surface area contributed by atoms with E-state index >= 15 is 0 Å². The Morgan fingerprint density at radius 3 is 3.05 bits per heavy atom. The number of aromatic nitrogens is 2. The standard InChI is InChI=1S/C15H17N3O/c1-11-9-18(10-12-4-2-3-5-14(11)12)15(19)8-13-6-7-16-17-13/h2-7,11H,8-10H2,1H3,(H,16,17). The van der Waals surface area contributed by atoms with Crippen LogP contribution in [0.4, 0.5) is 0 Å². The van der Waals surface area contributed by atoms with Gasteiger partial charge in [0.15, 0.2) is 0 Å². The fourth-order valence-corrected chi connectivity index (χ4v) is 2.71. The van der Waals surface area contributed by atoms with Crippen molar-refractivity contribution in [1.29, 1.82) is 0 Å². The number of hydrogen-bond donors (Lipinski definition) is 1. The van der Waals surface area contributed by atoms with E-state index in [4.69, 9.17) is 0 Å². The van der Waals surface area contributed by atoms with Crippen LogP contribution in [0, 0.1) is 0 Å². The van der Waals surface area contributed by atoms with E-state index in [0.29, 0.717) is 18.9 Å². The maximum absolute atomic E-state index is 12.3. The van der Waals surface area contributed by atoms with Gasteiger partial charge in [-0.2, -0.15) is 5.10 Å². The van der Waals surface area contributed by atoms with E-state index in [1.54, 1.807) is 6.20 Å². The molecule has 0 radical (unpaired) electrons. The Morgan fingerprint density at radius 1 is 1.42 bits per heavy atom. The molecule has 0 fully saturated rings. The molecule has 2 heterocycles. The van der Waals surface area contributed by atoms with E-state index in [0.717, 1.165) is 12.2 Å². The van der Waals surface area contributed by atoms with E-state index in [1.165, 1.54) is 11.1 Å². The number of H-pyrrole nitrogens is 1. The van der Waals surface area contributed by atoms with Crippen LogP contribution in [0.1, 0.15) is 29.7 Å². The third kappa shape index (κ3) is 2.38. The lowest BCUT2D eigenvalue weighted by molar-refractivity contribution is -0.131. The van der Waals surface area contributed by atoms with Crippen molar-refractivity contribution in [2.45, 2.75) is 25.8 Å². The molecule has 0 saturated heterocycles. The molecule has 0 saturated carbocycles. The molecule has 0 spiro atoms. The molecule has 1 aromatic heterocycles. The molecule has 1 aliphatic heterocycles. The molecule has 3 rings (SSSR count). The van der Waals surface area contributed by atoms with Gasteiger partial charge in [-0.3, -0.25) is 9.89 Å². The van der Waals surface area contributed by atoms with Crippen LogP contribution in [-0.2, 0) is 17.8 Å². The average Bonchev–Trinajstić information content (AvgIpc) is 2.91. The van der Waals surface area contributed by atoms with Crippen molar-refractivity contribution >= 4 is 5.91 Å². The van der Waals surface area contributed by atoms with Gasteiger partial charge >= 0.3 is 0 Å². The zero-order valence-electron chi connectivity index (χ0n) is 11.0. The number of fused-ring (bicyclic) bond motifs is 1. The molecular formula is C15H17N3O. The molecule has 1 aliphatic rings. The molecule has 4 heteroatoms. The number of hydrogen-bond acceptors (Lipinski definition) is 2. The third-order valence-corrected chi connectivity index (χ3v) is 3.69. The number of aromatic amines is 1. The van der Waals surface area contributed by atoms with Gasteiger partial charge in [-0.1, -0.05) is 31.2 Å². The van der Waals surface area contributed by atoms with E-state index in [2.05, 4.69) is 35.3 Å². The monoisotopic (exact) mass is 255 g/mol. The maximum atomic E-state index is 12.3. The molecule has 1 aromatic carbocycles. The van der Waals surface area contributed by atoms with Crippen molar-refractivity contribution in [2.24, 2.45) is 0 Å².